The highest BCUT2D eigenvalue weighted by atomic mass is 32.2. The van der Waals surface area contributed by atoms with E-state index >= 15 is 0 Å². The maximum atomic E-state index is 11.8. The monoisotopic (exact) mass is 322 g/mol. The average Bonchev–Trinajstić information content (AvgIpc) is 3.07. The fourth-order valence-electron chi connectivity index (χ4n) is 2.79. The minimum absolute atomic E-state index is 0.304. The van der Waals surface area contributed by atoms with Crippen LogP contribution in [0.2, 0.25) is 0 Å². The fourth-order valence-corrected chi connectivity index (χ4v) is 3.71. The summed E-state index contributed by atoms with van der Waals surface area (Å²) >= 11 is 1.72. The van der Waals surface area contributed by atoms with Crippen LogP contribution < -0.4 is 5.63 Å². The van der Waals surface area contributed by atoms with E-state index in [1.807, 2.05) is 36.4 Å². The lowest BCUT2D eigenvalue weighted by Crippen LogP contribution is -2.00. The van der Waals surface area contributed by atoms with E-state index in [2.05, 4.69) is 12.1 Å². The molecule has 23 heavy (non-hydrogen) atoms. The molecule has 0 saturated heterocycles. The van der Waals surface area contributed by atoms with Crippen molar-refractivity contribution in [3.05, 3.63) is 82.6 Å². The molecule has 3 nitrogen and oxygen atoms in total. The van der Waals surface area contributed by atoms with Crippen LogP contribution in [-0.4, -0.2) is 0 Å². The minimum atomic E-state index is -0.304. The normalized spacial score (nSPS) is 11.3. The number of fused-ring (bicyclic) bond motifs is 3. The molecule has 2 heterocycles. The zero-order valence-electron chi connectivity index (χ0n) is 12.3. The van der Waals surface area contributed by atoms with E-state index in [1.165, 1.54) is 0 Å². The Labute approximate surface area is 136 Å². The Bertz CT molecular complexity index is 1020. The molecule has 4 aromatic rings. The lowest BCUT2D eigenvalue weighted by molar-refractivity contribution is 0.530. The highest BCUT2D eigenvalue weighted by molar-refractivity contribution is 7.97. The van der Waals surface area contributed by atoms with E-state index in [9.17, 15) is 4.79 Å². The summed E-state index contributed by atoms with van der Waals surface area (Å²) in [5.41, 5.74) is 1.34. The second-order valence-electron chi connectivity index (χ2n) is 5.32. The van der Waals surface area contributed by atoms with Gasteiger partial charge < -0.3 is 8.83 Å². The molecule has 2 aromatic heterocycles. The minimum Gasteiger partial charge on any atom is -0.468 e. The molecule has 0 unspecified atom stereocenters. The Balaban J connectivity index is 1.77. The molecule has 2 aromatic carbocycles. The number of rotatable bonds is 4. The van der Waals surface area contributed by atoms with Crippen molar-refractivity contribution in [3.63, 3.8) is 0 Å². The summed E-state index contributed by atoms with van der Waals surface area (Å²) in [6.45, 7) is 0. The first-order valence-corrected chi connectivity index (χ1v) is 8.51. The van der Waals surface area contributed by atoms with Crippen LogP contribution in [-0.2, 0) is 11.5 Å². The van der Waals surface area contributed by atoms with Crippen molar-refractivity contribution in [1.82, 2.24) is 0 Å². The van der Waals surface area contributed by atoms with Gasteiger partial charge in [-0.2, -0.15) is 0 Å². The van der Waals surface area contributed by atoms with Gasteiger partial charge in [0, 0.05) is 17.2 Å². The summed E-state index contributed by atoms with van der Waals surface area (Å²) in [6.07, 6.45) is 1.68. The Hall–Kier alpha value is -2.46. The summed E-state index contributed by atoms with van der Waals surface area (Å²) in [5, 5.41) is 3.28. The van der Waals surface area contributed by atoms with Crippen molar-refractivity contribution in [2.24, 2.45) is 0 Å². The Morgan fingerprint density at radius 1 is 0.957 bits per heavy atom. The third-order valence-electron chi connectivity index (χ3n) is 3.80. The first-order chi connectivity index (χ1) is 11.3. The van der Waals surface area contributed by atoms with Crippen molar-refractivity contribution >= 4 is 33.5 Å². The molecule has 0 aliphatic heterocycles. The van der Waals surface area contributed by atoms with Gasteiger partial charge in [0.2, 0.25) is 0 Å². The quantitative estimate of drug-likeness (QED) is 0.393. The maximum Gasteiger partial charge on any atom is 0.336 e. The predicted molar refractivity (Wildman–Crippen MR) is 93.7 cm³/mol. The summed E-state index contributed by atoms with van der Waals surface area (Å²) in [4.78, 5) is 11.8. The lowest BCUT2D eigenvalue weighted by atomic mass is 10.0. The van der Waals surface area contributed by atoms with Crippen LogP contribution in [0.4, 0.5) is 0 Å². The highest BCUT2D eigenvalue weighted by Crippen LogP contribution is 2.30. The largest absolute Gasteiger partial charge is 0.468 e. The molecule has 0 N–H and O–H groups in total. The maximum absolute atomic E-state index is 11.8. The van der Waals surface area contributed by atoms with Gasteiger partial charge in [0.05, 0.1) is 12.0 Å². The molecule has 0 bridgehead atoms. The zero-order chi connectivity index (χ0) is 15.6. The van der Waals surface area contributed by atoms with Crippen molar-refractivity contribution < 1.29 is 8.83 Å². The van der Waals surface area contributed by atoms with Crippen molar-refractivity contribution in [1.29, 1.82) is 0 Å². The van der Waals surface area contributed by atoms with Crippen LogP contribution in [0.15, 0.2) is 74.5 Å². The van der Waals surface area contributed by atoms with Crippen molar-refractivity contribution in [2.75, 3.05) is 0 Å². The average molecular weight is 322 g/mol. The molecule has 114 valence electrons. The lowest BCUT2D eigenvalue weighted by Gasteiger charge is -2.08. The number of furan rings is 1. The van der Waals surface area contributed by atoms with Crippen LogP contribution in [0.3, 0.4) is 0 Å². The van der Waals surface area contributed by atoms with Gasteiger partial charge in [-0.15, -0.1) is 11.8 Å². The molecule has 0 radical (unpaired) electrons. The SMILES string of the molecule is O=c1cc(CSCc2ccco2)c2c(ccc3ccccc32)o1. The first-order valence-electron chi connectivity index (χ1n) is 7.36. The second kappa shape index (κ2) is 5.97. The molecule has 0 saturated carbocycles. The molecule has 0 atom stereocenters. The number of thioether (sulfide) groups is 1. The summed E-state index contributed by atoms with van der Waals surface area (Å²) < 4.78 is 10.7. The highest BCUT2D eigenvalue weighted by Gasteiger charge is 2.10. The molecule has 0 amide bonds. The van der Waals surface area contributed by atoms with E-state index in [1.54, 1.807) is 24.1 Å². The predicted octanol–water partition coefficient (Wildman–Crippen LogP) is 4.97. The molecule has 4 heteroatoms. The molecule has 0 spiro atoms. The third-order valence-corrected chi connectivity index (χ3v) is 4.80. The van der Waals surface area contributed by atoms with Gasteiger partial charge in [0.25, 0.3) is 0 Å². The van der Waals surface area contributed by atoms with Gasteiger partial charge in [0.15, 0.2) is 0 Å². The van der Waals surface area contributed by atoms with Gasteiger partial charge in [-0.1, -0.05) is 30.3 Å². The van der Waals surface area contributed by atoms with Gasteiger partial charge >= 0.3 is 5.63 Å². The van der Waals surface area contributed by atoms with Crippen LogP contribution in [0.1, 0.15) is 11.3 Å². The molecular weight excluding hydrogens is 308 g/mol. The van der Waals surface area contributed by atoms with E-state index in [-0.39, 0.29) is 5.63 Å². The van der Waals surface area contributed by atoms with Crippen LogP contribution in [0.25, 0.3) is 21.7 Å². The standard InChI is InChI=1S/C19H14O3S/c20-18-10-14(11-23-12-15-5-3-9-21-15)19-16-6-2-1-4-13(16)7-8-17(19)22-18/h1-10H,11-12H2. The summed E-state index contributed by atoms with van der Waals surface area (Å²) in [6, 6.07) is 17.5. The van der Waals surface area contributed by atoms with E-state index in [4.69, 9.17) is 8.83 Å². The van der Waals surface area contributed by atoms with E-state index in [0.29, 0.717) is 5.58 Å². The van der Waals surface area contributed by atoms with Gasteiger partial charge in [-0.25, -0.2) is 4.79 Å². The summed E-state index contributed by atoms with van der Waals surface area (Å²) in [7, 11) is 0. The number of benzene rings is 2. The summed E-state index contributed by atoms with van der Waals surface area (Å²) in [5.74, 6) is 2.45. The first kappa shape index (κ1) is 14.2. The van der Waals surface area contributed by atoms with Gasteiger partial charge in [-0.05, 0) is 34.5 Å². The third kappa shape index (κ3) is 2.78. The Morgan fingerprint density at radius 2 is 1.87 bits per heavy atom. The molecule has 0 fully saturated rings. The van der Waals surface area contributed by atoms with E-state index in [0.717, 1.165) is 39.0 Å². The van der Waals surface area contributed by atoms with Gasteiger partial charge in [0.1, 0.15) is 11.3 Å². The van der Waals surface area contributed by atoms with Crippen LogP contribution in [0, 0.1) is 0 Å². The fraction of sp³-hybridized carbons (Fsp3) is 0.105. The number of hydrogen-bond donors (Lipinski definition) is 0. The molecule has 0 aliphatic carbocycles. The van der Waals surface area contributed by atoms with Crippen molar-refractivity contribution in [2.45, 2.75) is 11.5 Å². The van der Waals surface area contributed by atoms with Gasteiger partial charge in [-0.3, -0.25) is 0 Å². The molecule has 4 rings (SSSR count). The Morgan fingerprint density at radius 3 is 2.74 bits per heavy atom. The Kier molecular flexibility index (Phi) is 3.67. The molecular formula is C19H14O3S. The van der Waals surface area contributed by atoms with E-state index < -0.39 is 0 Å². The zero-order valence-corrected chi connectivity index (χ0v) is 13.1. The van der Waals surface area contributed by atoms with Crippen LogP contribution in [0.5, 0.6) is 0 Å². The smallest absolute Gasteiger partial charge is 0.336 e. The molecule has 0 aliphatic rings. The topological polar surface area (TPSA) is 43.4 Å². The second-order valence-corrected chi connectivity index (χ2v) is 6.31. The number of hydrogen-bond acceptors (Lipinski definition) is 4. The van der Waals surface area contributed by atoms with Crippen LogP contribution >= 0.6 is 11.8 Å². The van der Waals surface area contributed by atoms with Crippen molar-refractivity contribution in [3.8, 4) is 0 Å².